The second kappa shape index (κ2) is 4.30. The summed E-state index contributed by atoms with van der Waals surface area (Å²) in [7, 11) is 1.89. The molecule has 0 heterocycles. The van der Waals surface area contributed by atoms with Gasteiger partial charge in [0, 0.05) is 20.1 Å². The second-order valence-electron chi connectivity index (χ2n) is 4.89. The van der Waals surface area contributed by atoms with Crippen LogP contribution in [0.1, 0.15) is 33.1 Å². The first-order chi connectivity index (χ1) is 6.52. The Labute approximate surface area is 86.6 Å². The number of amides is 1. The summed E-state index contributed by atoms with van der Waals surface area (Å²) >= 11 is 0. The van der Waals surface area contributed by atoms with Crippen LogP contribution in [0.2, 0.25) is 0 Å². The first kappa shape index (κ1) is 11.5. The van der Waals surface area contributed by atoms with Gasteiger partial charge in [-0.1, -0.05) is 13.8 Å². The van der Waals surface area contributed by atoms with E-state index in [0.717, 1.165) is 25.8 Å². The smallest absolute Gasteiger partial charge is 0.229 e. The molecule has 1 saturated carbocycles. The number of hydrogen-bond donors (Lipinski definition) is 1. The van der Waals surface area contributed by atoms with Gasteiger partial charge in [0.2, 0.25) is 5.91 Å². The van der Waals surface area contributed by atoms with Crippen molar-refractivity contribution >= 4 is 5.91 Å². The predicted molar refractivity (Wildman–Crippen MR) is 57.8 cm³/mol. The van der Waals surface area contributed by atoms with E-state index in [9.17, 15) is 4.79 Å². The minimum atomic E-state index is -0.175. The van der Waals surface area contributed by atoms with Gasteiger partial charge >= 0.3 is 0 Å². The molecule has 3 heteroatoms. The highest BCUT2D eigenvalue weighted by molar-refractivity contribution is 5.85. The summed E-state index contributed by atoms with van der Waals surface area (Å²) in [5, 5.41) is 0. The van der Waals surface area contributed by atoms with Crippen LogP contribution in [0, 0.1) is 11.3 Å². The van der Waals surface area contributed by atoms with Crippen LogP contribution in [0.25, 0.3) is 0 Å². The third-order valence-electron chi connectivity index (χ3n) is 3.09. The highest BCUT2D eigenvalue weighted by Crippen LogP contribution is 2.45. The lowest BCUT2D eigenvalue weighted by atomic mass is 10.1. The molecule has 0 aromatic rings. The van der Waals surface area contributed by atoms with Crippen molar-refractivity contribution in [1.82, 2.24) is 4.90 Å². The van der Waals surface area contributed by atoms with E-state index in [1.54, 1.807) is 0 Å². The van der Waals surface area contributed by atoms with Crippen molar-refractivity contribution in [2.75, 3.05) is 20.1 Å². The van der Waals surface area contributed by atoms with Crippen molar-refractivity contribution in [3.63, 3.8) is 0 Å². The quantitative estimate of drug-likeness (QED) is 0.722. The molecule has 3 nitrogen and oxygen atoms in total. The predicted octanol–water partition coefficient (Wildman–Crippen LogP) is 1.23. The molecule has 1 fully saturated rings. The van der Waals surface area contributed by atoms with Gasteiger partial charge in [-0.05, 0) is 25.2 Å². The average molecular weight is 198 g/mol. The van der Waals surface area contributed by atoms with Crippen LogP contribution in [-0.2, 0) is 4.79 Å². The van der Waals surface area contributed by atoms with Crippen LogP contribution in [0.15, 0.2) is 0 Å². The normalized spacial score (nSPS) is 18.4. The van der Waals surface area contributed by atoms with Crippen LogP contribution < -0.4 is 5.73 Å². The lowest BCUT2D eigenvalue weighted by Crippen LogP contribution is -2.38. The zero-order valence-corrected chi connectivity index (χ0v) is 9.55. The largest absolute Gasteiger partial charge is 0.345 e. The van der Waals surface area contributed by atoms with Gasteiger partial charge in [-0.15, -0.1) is 0 Å². The number of carbonyl (C=O) groups is 1. The van der Waals surface area contributed by atoms with Gasteiger partial charge in [0.25, 0.3) is 0 Å². The van der Waals surface area contributed by atoms with Gasteiger partial charge in [-0.25, -0.2) is 0 Å². The highest BCUT2D eigenvalue weighted by Gasteiger charge is 2.49. The van der Waals surface area contributed by atoms with Crippen molar-refractivity contribution in [2.45, 2.75) is 33.1 Å². The molecule has 0 spiro atoms. The first-order valence-corrected chi connectivity index (χ1v) is 5.47. The van der Waals surface area contributed by atoms with Crippen molar-refractivity contribution in [1.29, 1.82) is 0 Å². The Morgan fingerprint density at radius 1 is 1.50 bits per heavy atom. The second-order valence-corrected chi connectivity index (χ2v) is 4.89. The van der Waals surface area contributed by atoms with E-state index in [2.05, 4.69) is 13.8 Å². The number of hydrogen-bond acceptors (Lipinski definition) is 2. The van der Waals surface area contributed by atoms with Gasteiger partial charge in [0.05, 0.1) is 5.41 Å². The fourth-order valence-corrected chi connectivity index (χ4v) is 1.61. The SMILES string of the molecule is CC(C)CCN(C)C(=O)C1(CN)CC1. The van der Waals surface area contributed by atoms with E-state index in [0.29, 0.717) is 12.5 Å². The first-order valence-electron chi connectivity index (χ1n) is 5.47. The van der Waals surface area contributed by atoms with Crippen molar-refractivity contribution in [2.24, 2.45) is 17.1 Å². The molecule has 1 amide bonds. The number of nitrogens with zero attached hydrogens (tertiary/aromatic N) is 1. The van der Waals surface area contributed by atoms with Crippen molar-refractivity contribution in [3.8, 4) is 0 Å². The number of nitrogens with two attached hydrogens (primary N) is 1. The highest BCUT2D eigenvalue weighted by atomic mass is 16.2. The van der Waals surface area contributed by atoms with E-state index in [4.69, 9.17) is 5.73 Å². The minimum absolute atomic E-state index is 0.175. The molecule has 0 aromatic heterocycles. The molecule has 2 N–H and O–H groups in total. The Balaban J connectivity index is 2.37. The lowest BCUT2D eigenvalue weighted by molar-refractivity contribution is -0.135. The Morgan fingerprint density at radius 2 is 2.07 bits per heavy atom. The molecule has 0 bridgehead atoms. The Hall–Kier alpha value is -0.570. The zero-order valence-electron chi connectivity index (χ0n) is 9.55. The van der Waals surface area contributed by atoms with Crippen LogP contribution in [-0.4, -0.2) is 30.9 Å². The lowest BCUT2D eigenvalue weighted by Gasteiger charge is -2.23. The van der Waals surface area contributed by atoms with Crippen molar-refractivity contribution in [3.05, 3.63) is 0 Å². The molecular formula is C11H22N2O. The molecule has 1 aliphatic rings. The van der Waals surface area contributed by atoms with Gasteiger partial charge in [0.1, 0.15) is 0 Å². The summed E-state index contributed by atoms with van der Waals surface area (Å²) in [6.07, 6.45) is 3.03. The van der Waals surface area contributed by atoms with E-state index < -0.39 is 0 Å². The molecule has 0 saturated heterocycles. The van der Waals surface area contributed by atoms with Crippen LogP contribution in [0.3, 0.4) is 0 Å². The third kappa shape index (κ3) is 2.47. The molecule has 0 unspecified atom stereocenters. The summed E-state index contributed by atoms with van der Waals surface area (Å²) in [5.74, 6) is 0.902. The van der Waals surface area contributed by atoms with Crippen molar-refractivity contribution < 1.29 is 4.79 Å². The molecule has 1 aliphatic carbocycles. The Kier molecular flexibility index (Phi) is 3.53. The van der Waals surface area contributed by atoms with Gasteiger partial charge in [-0.3, -0.25) is 4.79 Å². The summed E-state index contributed by atoms with van der Waals surface area (Å²) in [4.78, 5) is 13.8. The Bertz CT molecular complexity index is 209. The maximum atomic E-state index is 11.9. The van der Waals surface area contributed by atoms with Crippen LogP contribution in [0.5, 0.6) is 0 Å². The summed E-state index contributed by atoms with van der Waals surface area (Å²) < 4.78 is 0. The molecule has 0 atom stereocenters. The summed E-state index contributed by atoms with van der Waals surface area (Å²) in [6.45, 7) is 5.72. The van der Waals surface area contributed by atoms with E-state index in [1.807, 2.05) is 11.9 Å². The topological polar surface area (TPSA) is 46.3 Å². The number of carbonyl (C=O) groups excluding carboxylic acids is 1. The maximum Gasteiger partial charge on any atom is 0.229 e. The molecule has 82 valence electrons. The molecule has 0 aliphatic heterocycles. The molecular weight excluding hydrogens is 176 g/mol. The zero-order chi connectivity index (χ0) is 10.8. The molecule has 0 aromatic carbocycles. The third-order valence-corrected chi connectivity index (χ3v) is 3.09. The summed E-state index contributed by atoms with van der Waals surface area (Å²) in [5.41, 5.74) is 5.44. The molecule has 1 rings (SSSR count). The summed E-state index contributed by atoms with van der Waals surface area (Å²) in [6, 6.07) is 0. The average Bonchev–Trinajstić information content (AvgIpc) is 2.93. The van der Waals surface area contributed by atoms with Crippen LogP contribution >= 0.6 is 0 Å². The number of rotatable bonds is 5. The fraction of sp³-hybridized carbons (Fsp3) is 0.909. The molecule has 0 radical (unpaired) electrons. The van der Waals surface area contributed by atoms with Crippen LogP contribution in [0.4, 0.5) is 0 Å². The fourth-order valence-electron chi connectivity index (χ4n) is 1.61. The molecule has 14 heavy (non-hydrogen) atoms. The minimum Gasteiger partial charge on any atom is -0.345 e. The van der Waals surface area contributed by atoms with Gasteiger partial charge in [-0.2, -0.15) is 0 Å². The Morgan fingerprint density at radius 3 is 2.43 bits per heavy atom. The monoisotopic (exact) mass is 198 g/mol. The van der Waals surface area contributed by atoms with E-state index in [-0.39, 0.29) is 11.3 Å². The van der Waals surface area contributed by atoms with Gasteiger partial charge in [0.15, 0.2) is 0 Å². The van der Waals surface area contributed by atoms with Gasteiger partial charge < -0.3 is 10.6 Å². The van der Waals surface area contributed by atoms with E-state index in [1.165, 1.54) is 0 Å². The van der Waals surface area contributed by atoms with E-state index >= 15 is 0 Å². The standard InChI is InChI=1S/C11H22N2O/c1-9(2)4-7-13(3)10(14)11(8-12)5-6-11/h9H,4-8,12H2,1-3H3. The maximum absolute atomic E-state index is 11.9.